The van der Waals surface area contributed by atoms with E-state index in [0.717, 1.165) is 19.6 Å². The second-order valence-electron chi connectivity index (χ2n) is 4.19. The molecule has 0 aromatic carbocycles. The van der Waals surface area contributed by atoms with E-state index in [9.17, 15) is 0 Å². The van der Waals surface area contributed by atoms with Crippen molar-refractivity contribution in [1.29, 1.82) is 5.41 Å². The van der Waals surface area contributed by atoms with Crippen LogP contribution < -0.4 is 5.73 Å². The summed E-state index contributed by atoms with van der Waals surface area (Å²) in [5.74, 6) is 0.0310. The Morgan fingerprint density at radius 3 is 2.82 bits per heavy atom. The Balaban J connectivity index is 2.65. The Kier molecular flexibility index (Phi) is 5.63. The first kappa shape index (κ1) is 13.6. The molecule has 1 aromatic rings. The molecule has 0 aliphatic heterocycles. The third-order valence-electron chi connectivity index (χ3n) is 2.78. The van der Waals surface area contributed by atoms with Gasteiger partial charge in [-0.3, -0.25) is 15.3 Å². The average molecular weight is 234 g/mol. The molecule has 3 N–H and O–H groups in total. The molecule has 0 aliphatic rings. The van der Waals surface area contributed by atoms with Gasteiger partial charge in [-0.05, 0) is 37.2 Å². The monoisotopic (exact) mass is 234 g/mol. The Labute approximate surface area is 103 Å². The van der Waals surface area contributed by atoms with Crippen molar-refractivity contribution in [3.63, 3.8) is 0 Å². The minimum Gasteiger partial charge on any atom is -0.382 e. The van der Waals surface area contributed by atoms with Gasteiger partial charge in [-0.2, -0.15) is 0 Å². The van der Waals surface area contributed by atoms with Gasteiger partial charge in [0, 0.05) is 12.7 Å². The smallest absolute Gasteiger partial charge is 0.141 e. The normalized spacial score (nSPS) is 10.8. The number of rotatable bonds is 7. The van der Waals surface area contributed by atoms with E-state index < -0.39 is 0 Å². The van der Waals surface area contributed by atoms with Crippen LogP contribution in [0.4, 0.5) is 0 Å². The second-order valence-corrected chi connectivity index (χ2v) is 4.19. The van der Waals surface area contributed by atoms with E-state index in [2.05, 4.69) is 23.7 Å². The standard InChI is InChI=1S/C13H22N4/c1-3-5-8-17(4-2)10-11-6-7-16-12(9-11)13(14)15/h6-7,9H,3-5,8,10H2,1-2H3,(H3,14,15). The van der Waals surface area contributed by atoms with Crippen LogP contribution in [0, 0.1) is 5.41 Å². The number of nitrogen functional groups attached to an aromatic ring is 1. The van der Waals surface area contributed by atoms with Crippen LogP contribution in [0.15, 0.2) is 18.3 Å². The van der Waals surface area contributed by atoms with Gasteiger partial charge in [-0.25, -0.2) is 0 Å². The van der Waals surface area contributed by atoms with Crippen LogP contribution in [-0.2, 0) is 6.54 Å². The van der Waals surface area contributed by atoms with E-state index >= 15 is 0 Å². The van der Waals surface area contributed by atoms with Gasteiger partial charge in [-0.15, -0.1) is 0 Å². The first-order valence-electron chi connectivity index (χ1n) is 6.19. The van der Waals surface area contributed by atoms with Crippen LogP contribution in [-0.4, -0.2) is 28.8 Å². The van der Waals surface area contributed by atoms with Crippen molar-refractivity contribution in [3.8, 4) is 0 Å². The molecule has 1 rings (SSSR count). The van der Waals surface area contributed by atoms with Crippen molar-refractivity contribution < 1.29 is 0 Å². The summed E-state index contributed by atoms with van der Waals surface area (Å²) < 4.78 is 0. The highest BCUT2D eigenvalue weighted by Gasteiger charge is 2.05. The van der Waals surface area contributed by atoms with Gasteiger partial charge in [0.05, 0.1) is 0 Å². The fourth-order valence-corrected chi connectivity index (χ4v) is 1.71. The summed E-state index contributed by atoms with van der Waals surface area (Å²) in [5.41, 5.74) is 7.17. The lowest BCUT2D eigenvalue weighted by Gasteiger charge is -2.20. The van der Waals surface area contributed by atoms with E-state index in [1.54, 1.807) is 6.20 Å². The highest BCUT2D eigenvalue weighted by molar-refractivity contribution is 5.93. The molecule has 0 radical (unpaired) electrons. The SMILES string of the molecule is CCCCN(CC)Cc1ccnc(C(=N)N)c1. The number of aromatic nitrogens is 1. The minimum absolute atomic E-state index is 0.0310. The van der Waals surface area contributed by atoms with Crippen LogP contribution in [0.1, 0.15) is 37.9 Å². The predicted octanol–water partition coefficient (Wildman–Crippen LogP) is 1.99. The van der Waals surface area contributed by atoms with Crippen molar-refractivity contribution in [1.82, 2.24) is 9.88 Å². The van der Waals surface area contributed by atoms with Gasteiger partial charge in [0.1, 0.15) is 11.5 Å². The number of hydrogen-bond donors (Lipinski definition) is 2. The highest BCUT2D eigenvalue weighted by Crippen LogP contribution is 2.07. The summed E-state index contributed by atoms with van der Waals surface area (Å²) in [6.07, 6.45) is 4.16. The lowest BCUT2D eigenvalue weighted by molar-refractivity contribution is 0.275. The lowest BCUT2D eigenvalue weighted by Crippen LogP contribution is -2.24. The zero-order valence-corrected chi connectivity index (χ0v) is 10.7. The van der Waals surface area contributed by atoms with Crippen molar-refractivity contribution in [2.45, 2.75) is 33.2 Å². The van der Waals surface area contributed by atoms with Gasteiger partial charge in [0.25, 0.3) is 0 Å². The third kappa shape index (κ3) is 4.53. The van der Waals surface area contributed by atoms with Gasteiger partial charge in [0.2, 0.25) is 0 Å². The van der Waals surface area contributed by atoms with E-state index in [4.69, 9.17) is 11.1 Å². The number of nitrogens with two attached hydrogens (primary N) is 1. The van der Waals surface area contributed by atoms with Crippen LogP contribution in [0.25, 0.3) is 0 Å². The largest absolute Gasteiger partial charge is 0.382 e. The van der Waals surface area contributed by atoms with Crippen LogP contribution in [0.5, 0.6) is 0 Å². The van der Waals surface area contributed by atoms with E-state index in [-0.39, 0.29) is 5.84 Å². The first-order valence-corrected chi connectivity index (χ1v) is 6.19. The number of hydrogen-bond acceptors (Lipinski definition) is 3. The molecule has 17 heavy (non-hydrogen) atoms. The topological polar surface area (TPSA) is 66.0 Å². The minimum atomic E-state index is 0.0310. The summed E-state index contributed by atoms with van der Waals surface area (Å²) in [6.45, 7) is 7.43. The summed E-state index contributed by atoms with van der Waals surface area (Å²) >= 11 is 0. The first-order chi connectivity index (χ1) is 8.17. The number of nitrogens with one attached hydrogen (secondary N) is 1. The summed E-state index contributed by atoms with van der Waals surface area (Å²) in [5, 5.41) is 7.37. The average Bonchev–Trinajstić information content (AvgIpc) is 2.34. The molecule has 1 aromatic heterocycles. The summed E-state index contributed by atoms with van der Waals surface area (Å²) in [4.78, 5) is 6.46. The van der Waals surface area contributed by atoms with E-state index in [1.165, 1.54) is 18.4 Å². The van der Waals surface area contributed by atoms with Gasteiger partial charge >= 0.3 is 0 Å². The number of nitrogens with zero attached hydrogens (tertiary/aromatic N) is 2. The molecule has 94 valence electrons. The molecule has 0 aliphatic carbocycles. The fraction of sp³-hybridized carbons (Fsp3) is 0.538. The Morgan fingerprint density at radius 1 is 1.47 bits per heavy atom. The van der Waals surface area contributed by atoms with Gasteiger partial charge in [0.15, 0.2) is 0 Å². The maximum atomic E-state index is 7.37. The molecule has 4 heteroatoms. The molecule has 0 amide bonds. The fourth-order valence-electron chi connectivity index (χ4n) is 1.71. The molecule has 4 nitrogen and oxygen atoms in total. The number of unbranched alkanes of at least 4 members (excludes halogenated alkanes) is 1. The van der Waals surface area contributed by atoms with Crippen molar-refractivity contribution >= 4 is 5.84 Å². The molecule has 0 unspecified atom stereocenters. The lowest BCUT2D eigenvalue weighted by atomic mass is 10.2. The Bertz CT molecular complexity index is 362. The second kappa shape index (κ2) is 7.01. The molecular weight excluding hydrogens is 212 g/mol. The van der Waals surface area contributed by atoms with Crippen LogP contribution in [0.3, 0.4) is 0 Å². The molecule has 1 heterocycles. The predicted molar refractivity (Wildman–Crippen MR) is 71.1 cm³/mol. The maximum Gasteiger partial charge on any atom is 0.141 e. The molecule has 0 saturated heterocycles. The quantitative estimate of drug-likeness (QED) is 0.560. The summed E-state index contributed by atoms with van der Waals surface area (Å²) in [7, 11) is 0. The molecule has 0 bridgehead atoms. The van der Waals surface area contributed by atoms with Crippen molar-refractivity contribution in [3.05, 3.63) is 29.6 Å². The highest BCUT2D eigenvalue weighted by atomic mass is 15.1. The molecule has 0 atom stereocenters. The van der Waals surface area contributed by atoms with Crippen LogP contribution >= 0.6 is 0 Å². The van der Waals surface area contributed by atoms with Crippen molar-refractivity contribution in [2.24, 2.45) is 5.73 Å². The molecule has 0 fully saturated rings. The van der Waals surface area contributed by atoms with Gasteiger partial charge in [-0.1, -0.05) is 20.3 Å². The van der Waals surface area contributed by atoms with Crippen molar-refractivity contribution in [2.75, 3.05) is 13.1 Å². The van der Waals surface area contributed by atoms with E-state index in [0.29, 0.717) is 5.69 Å². The Morgan fingerprint density at radius 2 is 2.24 bits per heavy atom. The van der Waals surface area contributed by atoms with E-state index in [1.807, 2.05) is 12.1 Å². The Hall–Kier alpha value is -1.42. The molecular formula is C13H22N4. The number of pyridine rings is 1. The van der Waals surface area contributed by atoms with Crippen LogP contribution in [0.2, 0.25) is 0 Å². The van der Waals surface area contributed by atoms with Gasteiger partial charge < -0.3 is 5.73 Å². The maximum absolute atomic E-state index is 7.37. The number of amidine groups is 1. The molecule has 0 spiro atoms. The zero-order valence-electron chi connectivity index (χ0n) is 10.7. The summed E-state index contributed by atoms with van der Waals surface area (Å²) in [6, 6.07) is 3.89. The molecule has 0 saturated carbocycles. The third-order valence-corrected chi connectivity index (χ3v) is 2.78. The zero-order chi connectivity index (χ0) is 12.7.